The largest absolute Gasteiger partial charge is 0.444 e. The Balaban J connectivity index is 1.65. The number of hydrogen-bond acceptors (Lipinski definition) is 4. The van der Waals surface area contributed by atoms with E-state index in [1.807, 2.05) is 30.3 Å². The number of benzene rings is 1. The van der Waals surface area contributed by atoms with Gasteiger partial charge >= 0.3 is 6.09 Å². The number of likely N-dealkylation sites (N-methyl/N-ethyl adjacent to an activating group) is 1. The van der Waals surface area contributed by atoms with E-state index < -0.39 is 18.4 Å². The zero-order valence-electron chi connectivity index (χ0n) is 23.4. The molecule has 0 N–H and O–H groups in total. The summed E-state index contributed by atoms with van der Waals surface area (Å²) in [7, 11) is 3.51. The van der Waals surface area contributed by atoms with Crippen LogP contribution in [0.25, 0.3) is 0 Å². The minimum absolute atomic E-state index is 0.0576. The van der Waals surface area contributed by atoms with E-state index in [0.717, 1.165) is 37.7 Å². The van der Waals surface area contributed by atoms with E-state index >= 15 is 0 Å². The van der Waals surface area contributed by atoms with Crippen LogP contribution in [0.15, 0.2) is 30.3 Å². The molecule has 36 heavy (non-hydrogen) atoms. The molecule has 1 heterocycles. The second-order valence-electron chi connectivity index (χ2n) is 12.8. The lowest BCUT2D eigenvalue weighted by atomic mass is 9.62. The molecule has 1 saturated heterocycles. The van der Waals surface area contributed by atoms with Crippen molar-refractivity contribution in [3.8, 4) is 0 Å². The Hall–Kier alpha value is -2.08. The maximum Gasteiger partial charge on any atom is 0.412 e. The highest BCUT2D eigenvalue weighted by Gasteiger charge is 2.70. The lowest BCUT2D eigenvalue weighted by Crippen LogP contribution is -2.61. The third-order valence-corrected chi connectivity index (χ3v) is 9.89. The minimum Gasteiger partial charge on any atom is -0.444 e. The smallest absolute Gasteiger partial charge is 0.412 e. The van der Waals surface area contributed by atoms with Crippen LogP contribution in [-0.2, 0) is 20.9 Å². The van der Waals surface area contributed by atoms with Gasteiger partial charge in [-0.15, -0.1) is 0 Å². The number of rotatable bonds is 7. The van der Waals surface area contributed by atoms with Crippen LogP contribution in [0, 0.1) is 22.7 Å². The first kappa shape index (κ1) is 27.0. The van der Waals surface area contributed by atoms with Crippen molar-refractivity contribution in [3.05, 3.63) is 35.9 Å². The van der Waals surface area contributed by atoms with Gasteiger partial charge < -0.3 is 14.4 Å². The Kier molecular flexibility index (Phi) is 7.49. The highest BCUT2D eigenvalue weighted by Crippen LogP contribution is 2.72. The number of hydrogen-bond donors (Lipinski definition) is 0. The molecule has 2 aliphatic carbocycles. The first-order valence-corrected chi connectivity index (χ1v) is 13.8. The average molecular weight is 499 g/mol. The van der Waals surface area contributed by atoms with Crippen molar-refractivity contribution in [2.75, 3.05) is 14.1 Å². The molecule has 0 unspecified atom stereocenters. The molecule has 1 aromatic rings. The molecular weight excluding hydrogens is 452 g/mol. The highest BCUT2D eigenvalue weighted by atomic mass is 16.6. The Labute approximate surface area is 217 Å². The molecule has 200 valence electrons. The van der Waals surface area contributed by atoms with Gasteiger partial charge in [0, 0.05) is 19.5 Å². The van der Waals surface area contributed by atoms with Gasteiger partial charge in [0.2, 0.25) is 5.91 Å². The van der Waals surface area contributed by atoms with Crippen molar-refractivity contribution in [1.29, 1.82) is 0 Å². The Morgan fingerprint density at radius 1 is 1.08 bits per heavy atom. The van der Waals surface area contributed by atoms with E-state index in [1.54, 1.807) is 23.9 Å². The maximum atomic E-state index is 13.8. The number of ether oxygens (including phenoxy) is 2. The molecule has 6 heteroatoms. The normalized spacial score (nSPS) is 31.4. The first-order chi connectivity index (χ1) is 16.9. The SMILES string of the molecule is CC(C)C[C@H](C(=O)N(C)C)N(C(=O)OCc1ccccc1)[C@H]1CCC[C@]2(C[C@H]3CC[C@]2(C)C3(C)C)O1. The molecule has 1 aliphatic heterocycles. The van der Waals surface area contributed by atoms with Crippen LogP contribution in [0.1, 0.15) is 85.1 Å². The molecule has 2 saturated carbocycles. The van der Waals surface area contributed by atoms with Gasteiger partial charge in [0.25, 0.3) is 0 Å². The van der Waals surface area contributed by atoms with Crippen LogP contribution in [-0.4, -0.2) is 53.8 Å². The Bertz CT molecular complexity index is 946. The van der Waals surface area contributed by atoms with Gasteiger partial charge in [0.15, 0.2) is 0 Å². The number of carbonyl (C=O) groups is 2. The van der Waals surface area contributed by atoms with Gasteiger partial charge in [-0.1, -0.05) is 65.0 Å². The number of nitrogens with zero attached hydrogens (tertiary/aromatic N) is 2. The maximum absolute atomic E-state index is 13.8. The van der Waals surface area contributed by atoms with Gasteiger partial charge in [-0.3, -0.25) is 9.69 Å². The molecule has 1 aromatic carbocycles. The summed E-state index contributed by atoms with van der Waals surface area (Å²) in [5.74, 6) is 0.789. The van der Waals surface area contributed by atoms with Crippen molar-refractivity contribution >= 4 is 12.0 Å². The third kappa shape index (κ3) is 4.55. The summed E-state index contributed by atoms with van der Waals surface area (Å²) in [5.41, 5.74) is 0.921. The van der Waals surface area contributed by atoms with Gasteiger partial charge in [-0.25, -0.2) is 4.79 Å². The van der Waals surface area contributed by atoms with Crippen LogP contribution in [0.2, 0.25) is 0 Å². The molecule has 3 fully saturated rings. The molecule has 0 aromatic heterocycles. The lowest BCUT2D eigenvalue weighted by molar-refractivity contribution is -0.234. The Morgan fingerprint density at radius 3 is 2.33 bits per heavy atom. The molecule has 6 nitrogen and oxygen atoms in total. The fraction of sp³-hybridized carbons (Fsp3) is 0.733. The van der Waals surface area contributed by atoms with E-state index in [-0.39, 0.29) is 34.9 Å². The van der Waals surface area contributed by atoms with Crippen LogP contribution in [0.4, 0.5) is 4.79 Å². The predicted molar refractivity (Wildman–Crippen MR) is 141 cm³/mol. The lowest BCUT2D eigenvalue weighted by Gasteiger charge is -2.54. The van der Waals surface area contributed by atoms with Crippen molar-refractivity contribution < 1.29 is 19.1 Å². The molecule has 0 radical (unpaired) electrons. The van der Waals surface area contributed by atoms with Crippen molar-refractivity contribution in [1.82, 2.24) is 9.80 Å². The van der Waals surface area contributed by atoms with Crippen LogP contribution >= 0.6 is 0 Å². The third-order valence-electron chi connectivity index (χ3n) is 9.89. The summed E-state index contributed by atoms with van der Waals surface area (Å²) in [6.07, 6.45) is 5.79. The quantitative estimate of drug-likeness (QED) is 0.446. The topological polar surface area (TPSA) is 59.1 Å². The van der Waals surface area contributed by atoms with Crippen LogP contribution in [0.3, 0.4) is 0 Å². The summed E-state index contributed by atoms with van der Waals surface area (Å²) >= 11 is 0. The van der Waals surface area contributed by atoms with Crippen molar-refractivity contribution in [2.45, 2.75) is 104 Å². The summed E-state index contributed by atoms with van der Waals surface area (Å²) in [4.78, 5) is 30.5. The van der Waals surface area contributed by atoms with Gasteiger partial charge in [-0.2, -0.15) is 0 Å². The van der Waals surface area contributed by atoms with E-state index in [2.05, 4.69) is 34.6 Å². The van der Waals surface area contributed by atoms with Gasteiger partial charge in [0.1, 0.15) is 18.9 Å². The van der Waals surface area contributed by atoms with Gasteiger partial charge in [-0.05, 0) is 67.8 Å². The standard InChI is InChI=1S/C30H46N2O4/c1-21(2)18-24(26(33)31(6)7)32(27(34)35-20-22-12-9-8-10-13-22)25-14-11-16-30(36-25)19-23-15-17-29(30,5)28(23,3)4/h8-10,12-13,21,23-25H,11,14-20H2,1-7H3/t23-,24-,25-,29-,30-/m1/s1. The minimum atomic E-state index is -0.622. The van der Waals surface area contributed by atoms with Crippen LogP contribution in [0.5, 0.6) is 0 Å². The fourth-order valence-electron chi connectivity index (χ4n) is 7.40. The molecule has 2 bridgehead atoms. The zero-order chi connectivity index (χ0) is 26.3. The second kappa shape index (κ2) is 10.00. The second-order valence-corrected chi connectivity index (χ2v) is 12.8. The van der Waals surface area contributed by atoms with E-state index in [0.29, 0.717) is 12.3 Å². The number of fused-ring (bicyclic) bond motifs is 3. The molecule has 2 amide bonds. The Morgan fingerprint density at radius 2 is 1.78 bits per heavy atom. The molecule has 3 aliphatic rings. The summed E-state index contributed by atoms with van der Waals surface area (Å²) in [5, 5.41) is 0. The van der Waals surface area contributed by atoms with Gasteiger partial charge in [0.05, 0.1) is 5.60 Å². The summed E-state index contributed by atoms with van der Waals surface area (Å²) in [6, 6.07) is 9.08. The fourth-order valence-corrected chi connectivity index (χ4v) is 7.40. The summed E-state index contributed by atoms with van der Waals surface area (Å²) in [6.45, 7) is 11.5. The van der Waals surface area contributed by atoms with Crippen molar-refractivity contribution in [3.63, 3.8) is 0 Å². The van der Waals surface area contributed by atoms with E-state index in [4.69, 9.17) is 9.47 Å². The monoisotopic (exact) mass is 498 g/mol. The van der Waals surface area contributed by atoms with E-state index in [1.165, 1.54) is 6.42 Å². The molecule has 4 rings (SSSR count). The average Bonchev–Trinajstić information content (AvgIpc) is 3.14. The zero-order valence-corrected chi connectivity index (χ0v) is 23.4. The number of amides is 2. The molecule has 5 atom stereocenters. The van der Waals surface area contributed by atoms with E-state index in [9.17, 15) is 9.59 Å². The van der Waals surface area contributed by atoms with Crippen LogP contribution < -0.4 is 0 Å². The predicted octanol–water partition coefficient (Wildman–Crippen LogP) is 6.24. The first-order valence-electron chi connectivity index (χ1n) is 13.8. The molecule has 1 spiro atoms. The number of carbonyl (C=O) groups excluding carboxylic acids is 2. The van der Waals surface area contributed by atoms with Crippen molar-refractivity contribution in [2.24, 2.45) is 22.7 Å². The highest BCUT2D eigenvalue weighted by molar-refractivity contribution is 5.85. The molecular formula is C30H46N2O4. The summed E-state index contributed by atoms with van der Waals surface area (Å²) < 4.78 is 12.9.